The molecule has 3 N–H and O–H groups in total. The van der Waals surface area contributed by atoms with E-state index in [0.717, 1.165) is 16.2 Å². The molecule has 1 aromatic carbocycles. The Hall–Kier alpha value is -1.81. The van der Waals surface area contributed by atoms with Crippen LogP contribution in [-0.2, 0) is 0 Å². The molecule has 0 fully saturated rings. The van der Waals surface area contributed by atoms with Crippen LogP contribution in [0.2, 0.25) is 0 Å². The second-order valence-electron chi connectivity index (χ2n) is 3.91. The van der Waals surface area contributed by atoms with Gasteiger partial charge in [-0.3, -0.25) is 10.4 Å². The van der Waals surface area contributed by atoms with E-state index in [9.17, 15) is 0 Å². The van der Waals surface area contributed by atoms with E-state index in [1.54, 1.807) is 24.2 Å². The summed E-state index contributed by atoms with van der Waals surface area (Å²) in [5.41, 5.74) is 6.78. The number of hydrogen-bond donors (Lipinski definition) is 2. The van der Waals surface area contributed by atoms with Crippen molar-refractivity contribution in [2.24, 2.45) is 5.73 Å². The van der Waals surface area contributed by atoms with Crippen molar-refractivity contribution in [1.82, 2.24) is 4.98 Å². The van der Waals surface area contributed by atoms with Gasteiger partial charge >= 0.3 is 0 Å². The van der Waals surface area contributed by atoms with Crippen LogP contribution in [-0.4, -0.2) is 16.6 Å². The molecule has 1 aromatic heterocycles. The van der Waals surface area contributed by atoms with Crippen molar-refractivity contribution in [3.63, 3.8) is 0 Å². The summed E-state index contributed by atoms with van der Waals surface area (Å²) in [5, 5.41) is 7.71. The molecule has 4 heteroatoms. The van der Waals surface area contributed by atoms with Crippen LogP contribution in [0.25, 0.3) is 0 Å². The Labute approximate surface area is 111 Å². The molecule has 1 unspecified atom stereocenters. The molecule has 0 saturated heterocycles. The Bertz CT molecular complexity index is 499. The average Bonchev–Trinajstić information content (AvgIpc) is 2.41. The maximum atomic E-state index is 7.71. The number of rotatable bonds is 5. The Morgan fingerprint density at radius 2 is 1.83 bits per heavy atom. The minimum absolute atomic E-state index is 0.0376. The molecular formula is C14H15N3S. The van der Waals surface area contributed by atoms with Gasteiger partial charge in [0.25, 0.3) is 0 Å². The molecule has 0 aliphatic heterocycles. The van der Waals surface area contributed by atoms with Gasteiger partial charge in [0, 0.05) is 23.0 Å². The quantitative estimate of drug-likeness (QED) is 0.492. The lowest BCUT2D eigenvalue weighted by atomic mass is 10.0. The van der Waals surface area contributed by atoms with Crippen molar-refractivity contribution >= 4 is 17.6 Å². The predicted octanol–water partition coefficient (Wildman–Crippen LogP) is 2.89. The van der Waals surface area contributed by atoms with Crippen LogP contribution >= 0.6 is 11.8 Å². The van der Waals surface area contributed by atoms with Crippen LogP contribution in [0.15, 0.2) is 59.8 Å². The first kappa shape index (κ1) is 12.6. The molecule has 18 heavy (non-hydrogen) atoms. The van der Waals surface area contributed by atoms with Crippen LogP contribution < -0.4 is 5.73 Å². The van der Waals surface area contributed by atoms with Gasteiger partial charge in [-0.25, -0.2) is 0 Å². The summed E-state index contributed by atoms with van der Waals surface area (Å²) in [7, 11) is 0. The van der Waals surface area contributed by atoms with E-state index in [4.69, 9.17) is 11.1 Å². The van der Waals surface area contributed by atoms with Crippen LogP contribution in [0.3, 0.4) is 0 Å². The fraction of sp³-hybridized carbons (Fsp3) is 0.143. The fourth-order valence-corrected chi connectivity index (χ4v) is 2.71. The molecule has 0 amide bonds. The van der Waals surface area contributed by atoms with Gasteiger partial charge in [-0.15, -0.1) is 11.8 Å². The molecule has 0 spiro atoms. The Balaban J connectivity index is 2.06. The van der Waals surface area contributed by atoms with Gasteiger partial charge in [0.05, 0.1) is 11.8 Å². The second kappa shape index (κ2) is 6.21. The standard InChI is InChI=1S/C14H15N3S/c15-14(16)13(11-4-2-1-3-5-11)10-18-12-6-8-17-9-7-12/h1-9,13H,10H2,(H3,15,16). The number of hydrogen-bond acceptors (Lipinski definition) is 3. The van der Waals surface area contributed by atoms with Gasteiger partial charge in [0.15, 0.2) is 0 Å². The molecule has 0 saturated carbocycles. The number of amidine groups is 1. The second-order valence-corrected chi connectivity index (χ2v) is 5.01. The molecule has 0 aliphatic carbocycles. The third-order valence-electron chi connectivity index (χ3n) is 2.64. The Kier molecular flexibility index (Phi) is 4.36. The first-order valence-corrected chi connectivity index (χ1v) is 6.67. The van der Waals surface area contributed by atoms with Crippen molar-refractivity contribution < 1.29 is 0 Å². The highest BCUT2D eigenvalue weighted by Gasteiger charge is 2.14. The summed E-state index contributed by atoms with van der Waals surface area (Å²) in [6.07, 6.45) is 3.54. The van der Waals surface area contributed by atoms with Crippen molar-refractivity contribution in [2.75, 3.05) is 5.75 Å². The van der Waals surface area contributed by atoms with Crippen LogP contribution in [0.5, 0.6) is 0 Å². The van der Waals surface area contributed by atoms with Gasteiger partial charge in [0.2, 0.25) is 0 Å². The first-order valence-electron chi connectivity index (χ1n) is 5.69. The molecule has 92 valence electrons. The number of nitrogens with one attached hydrogen (secondary N) is 1. The molecule has 3 nitrogen and oxygen atoms in total. The van der Waals surface area contributed by atoms with E-state index in [1.807, 2.05) is 42.5 Å². The van der Waals surface area contributed by atoms with Gasteiger partial charge < -0.3 is 5.73 Å². The van der Waals surface area contributed by atoms with E-state index in [2.05, 4.69) is 4.98 Å². The summed E-state index contributed by atoms with van der Waals surface area (Å²) in [5.74, 6) is 0.940. The first-order chi connectivity index (χ1) is 8.77. The normalized spacial score (nSPS) is 12.0. The van der Waals surface area contributed by atoms with Gasteiger partial charge in [-0.2, -0.15) is 0 Å². The third-order valence-corrected chi connectivity index (χ3v) is 3.75. The highest BCUT2D eigenvalue weighted by Crippen LogP contribution is 2.25. The number of nitrogens with two attached hydrogens (primary N) is 1. The zero-order valence-corrected chi connectivity index (χ0v) is 10.7. The molecule has 0 radical (unpaired) electrons. The molecule has 0 aliphatic rings. The summed E-state index contributed by atoms with van der Waals surface area (Å²) in [4.78, 5) is 5.13. The lowest BCUT2D eigenvalue weighted by Gasteiger charge is -2.15. The summed E-state index contributed by atoms with van der Waals surface area (Å²) in [6.45, 7) is 0. The molecule has 1 heterocycles. The van der Waals surface area contributed by atoms with Crippen LogP contribution in [0.4, 0.5) is 0 Å². The largest absolute Gasteiger partial charge is 0.387 e. The van der Waals surface area contributed by atoms with E-state index >= 15 is 0 Å². The average molecular weight is 257 g/mol. The van der Waals surface area contributed by atoms with Gasteiger partial charge in [-0.1, -0.05) is 30.3 Å². The lowest BCUT2D eigenvalue weighted by Crippen LogP contribution is -2.22. The van der Waals surface area contributed by atoms with Crippen molar-refractivity contribution in [1.29, 1.82) is 5.41 Å². The number of pyridine rings is 1. The maximum absolute atomic E-state index is 7.71. The molecule has 0 bridgehead atoms. The van der Waals surface area contributed by atoms with E-state index in [-0.39, 0.29) is 11.8 Å². The highest BCUT2D eigenvalue weighted by molar-refractivity contribution is 7.99. The lowest BCUT2D eigenvalue weighted by molar-refractivity contribution is 1.01. The number of aromatic nitrogens is 1. The van der Waals surface area contributed by atoms with Crippen molar-refractivity contribution in [3.8, 4) is 0 Å². The van der Waals surface area contributed by atoms with Gasteiger partial charge in [-0.05, 0) is 17.7 Å². The third kappa shape index (κ3) is 3.34. The van der Waals surface area contributed by atoms with E-state index in [0.29, 0.717) is 0 Å². The maximum Gasteiger partial charge on any atom is 0.0990 e. The smallest absolute Gasteiger partial charge is 0.0990 e. The summed E-state index contributed by atoms with van der Waals surface area (Å²) < 4.78 is 0. The van der Waals surface area contributed by atoms with Crippen molar-refractivity contribution in [3.05, 3.63) is 60.4 Å². The molecule has 2 rings (SSSR count). The number of nitrogens with zero attached hydrogens (tertiary/aromatic N) is 1. The summed E-state index contributed by atoms with van der Waals surface area (Å²) >= 11 is 1.69. The topological polar surface area (TPSA) is 62.8 Å². The molecule has 2 aromatic rings. The SMILES string of the molecule is N=C(N)C(CSc1ccncc1)c1ccccc1. The van der Waals surface area contributed by atoms with Crippen molar-refractivity contribution in [2.45, 2.75) is 10.8 Å². The molecule has 1 atom stereocenters. The van der Waals surface area contributed by atoms with E-state index in [1.165, 1.54) is 0 Å². The zero-order valence-electron chi connectivity index (χ0n) is 9.91. The minimum atomic E-state index is -0.0376. The number of benzene rings is 1. The highest BCUT2D eigenvalue weighted by atomic mass is 32.2. The Morgan fingerprint density at radius 3 is 2.44 bits per heavy atom. The predicted molar refractivity (Wildman–Crippen MR) is 76.1 cm³/mol. The van der Waals surface area contributed by atoms with Gasteiger partial charge in [0.1, 0.15) is 0 Å². The number of thioether (sulfide) groups is 1. The summed E-state index contributed by atoms with van der Waals surface area (Å²) in [6, 6.07) is 13.9. The van der Waals surface area contributed by atoms with Crippen LogP contribution in [0, 0.1) is 5.41 Å². The fourth-order valence-electron chi connectivity index (χ4n) is 1.66. The monoisotopic (exact) mass is 257 g/mol. The Morgan fingerprint density at radius 1 is 1.17 bits per heavy atom. The van der Waals surface area contributed by atoms with E-state index < -0.39 is 0 Å². The zero-order chi connectivity index (χ0) is 12.8. The van der Waals surface area contributed by atoms with Crippen LogP contribution in [0.1, 0.15) is 11.5 Å². The minimum Gasteiger partial charge on any atom is -0.387 e. The molecular weight excluding hydrogens is 242 g/mol.